The molecule has 0 saturated heterocycles. The minimum absolute atomic E-state index is 0.467. The molecule has 0 saturated carbocycles. The molecule has 0 aliphatic rings. The van der Waals surface area contributed by atoms with Gasteiger partial charge in [0.05, 0.1) is 0 Å². The molecule has 1 N–H and O–H groups in total. The number of aryl methyl sites for hydroxylation is 2. The van der Waals surface area contributed by atoms with Crippen molar-refractivity contribution in [2.75, 3.05) is 6.54 Å². The summed E-state index contributed by atoms with van der Waals surface area (Å²) in [6, 6.07) is 5.04. The topological polar surface area (TPSA) is 12.0 Å². The smallest absolute Gasteiger partial charge is 0.0379 e. The molecule has 2 rings (SSSR count). The molecule has 1 unspecified atom stereocenters. The van der Waals surface area contributed by atoms with Crippen LogP contribution in [0.2, 0.25) is 0 Å². The summed E-state index contributed by atoms with van der Waals surface area (Å²) >= 11 is 3.77. The Kier molecular flexibility index (Phi) is 5.61. The van der Waals surface area contributed by atoms with E-state index in [2.05, 4.69) is 49.0 Å². The van der Waals surface area contributed by atoms with Crippen LogP contribution in [0.3, 0.4) is 0 Å². The van der Waals surface area contributed by atoms with Crippen molar-refractivity contribution < 1.29 is 0 Å². The molecule has 0 fully saturated rings. The number of hydrogen-bond donors (Lipinski definition) is 1. The van der Waals surface area contributed by atoms with Crippen LogP contribution in [0.5, 0.6) is 0 Å². The summed E-state index contributed by atoms with van der Waals surface area (Å²) in [5.41, 5.74) is 2.90. The molecule has 3 heteroatoms. The first-order valence-electron chi connectivity index (χ1n) is 7.08. The van der Waals surface area contributed by atoms with E-state index in [9.17, 15) is 0 Å². The van der Waals surface area contributed by atoms with Gasteiger partial charge in [-0.2, -0.15) is 11.3 Å². The second-order valence-electron chi connectivity index (χ2n) is 4.94. The van der Waals surface area contributed by atoms with Crippen molar-refractivity contribution in [2.45, 2.75) is 46.1 Å². The normalized spacial score (nSPS) is 12.8. The summed E-state index contributed by atoms with van der Waals surface area (Å²) in [6.45, 7) is 7.76. The molecule has 0 radical (unpaired) electrons. The maximum absolute atomic E-state index is 3.70. The van der Waals surface area contributed by atoms with Crippen molar-refractivity contribution in [3.05, 3.63) is 43.8 Å². The maximum Gasteiger partial charge on any atom is 0.0379 e. The van der Waals surface area contributed by atoms with Crippen LogP contribution in [0.15, 0.2) is 22.9 Å². The van der Waals surface area contributed by atoms with Crippen molar-refractivity contribution in [1.29, 1.82) is 0 Å². The average Bonchev–Trinajstić information content (AvgIpc) is 3.03. The van der Waals surface area contributed by atoms with E-state index in [0.29, 0.717) is 6.04 Å². The van der Waals surface area contributed by atoms with Crippen LogP contribution in [0, 0.1) is 6.92 Å². The molecule has 1 nitrogen and oxygen atoms in total. The number of nitrogens with one attached hydrogen (secondary N) is 1. The Morgan fingerprint density at radius 1 is 1.16 bits per heavy atom. The third kappa shape index (κ3) is 3.91. The van der Waals surface area contributed by atoms with E-state index >= 15 is 0 Å². The minimum atomic E-state index is 0.467. The zero-order valence-electron chi connectivity index (χ0n) is 12.0. The lowest BCUT2D eigenvalue weighted by atomic mass is 10.0. The average molecular weight is 294 g/mol. The summed E-state index contributed by atoms with van der Waals surface area (Å²) < 4.78 is 0. The quantitative estimate of drug-likeness (QED) is 0.760. The Bertz CT molecular complexity index is 498. The molecule has 0 aromatic carbocycles. The fraction of sp³-hybridized carbons (Fsp3) is 0.500. The summed E-state index contributed by atoms with van der Waals surface area (Å²) in [5, 5.41) is 8.26. The van der Waals surface area contributed by atoms with E-state index in [1.807, 2.05) is 22.7 Å². The lowest BCUT2D eigenvalue weighted by Crippen LogP contribution is -2.24. The largest absolute Gasteiger partial charge is 0.310 e. The fourth-order valence-corrected chi connectivity index (χ4v) is 4.17. The number of thiophene rings is 2. The zero-order chi connectivity index (χ0) is 13.7. The Labute approximate surface area is 124 Å². The van der Waals surface area contributed by atoms with Gasteiger partial charge in [0.25, 0.3) is 0 Å². The molecule has 0 bridgehead atoms. The van der Waals surface area contributed by atoms with Crippen LogP contribution in [0.4, 0.5) is 0 Å². The first-order chi connectivity index (χ1) is 9.24. The first-order valence-corrected chi connectivity index (χ1v) is 8.84. The third-order valence-electron chi connectivity index (χ3n) is 3.38. The van der Waals surface area contributed by atoms with Crippen LogP contribution in [-0.2, 0) is 12.8 Å². The van der Waals surface area contributed by atoms with E-state index in [0.717, 1.165) is 19.4 Å². The van der Waals surface area contributed by atoms with Crippen LogP contribution in [0.1, 0.15) is 47.2 Å². The van der Waals surface area contributed by atoms with Gasteiger partial charge in [0.2, 0.25) is 0 Å². The molecule has 2 aromatic rings. The van der Waals surface area contributed by atoms with Crippen LogP contribution >= 0.6 is 22.7 Å². The minimum Gasteiger partial charge on any atom is -0.310 e. The molecule has 0 aliphatic heterocycles. The standard InChI is InChI=1S/C16H23NS2/c1-4-8-17-16(15-11-18-10-12(15)3)9-14-7-6-13(5-2)19-14/h6-7,10-11,16-17H,4-5,8-9H2,1-3H3. The van der Waals surface area contributed by atoms with Crippen molar-refractivity contribution in [2.24, 2.45) is 0 Å². The van der Waals surface area contributed by atoms with E-state index < -0.39 is 0 Å². The van der Waals surface area contributed by atoms with E-state index in [1.165, 1.54) is 27.3 Å². The maximum atomic E-state index is 3.70. The predicted molar refractivity (Wildman–Crippen MR) is 87.5 cm³/mol. The molecule has 104 valence electrons. The van der Waals surface area contributed by atoms with Gasteiger partial charge in [-0.15, -0.1) is 11.3 Å². The van der Waals surface area contributed by atoms with Crippen molar-refractivity contribution in [3.8, 4) is 0 Å². The SMILES string of the molecule is CCCNC(Cc1ccc(CC)s1)c1cscc1C. The number of hydrogen-bond acceptors (Lipinski definition) is 3. The van der Waals surface area contributed by atoms with Gasteiger partial charge in [-0.1, -0.05) is 13.8 Å². The third-order valence-corrected chi connectivity index (χ3v) is 5.51. The second-order valence-corrected chi connectivity index (χ2v) is 6.94. The Morgan fingerprint density at radius 3 is 2.53 bits per heavy atom. The van der Waals surface area contributed by atoms with Crippen molar-refractivity contribution in [1.82, 2.24) is 5.32 Å². The molecule has 0 amide bonds. The molecule has 1 atom stereocenters. The summed E-state index contributed by atoms with van der Waals surface area (Å²) in [4.78, 5) is 2.99. The molecule has 2 aromatic heterocycles. The van der Waals surface area contributed by atoms with Gasteiger partial charge in [0, 0.05) is 22.2 Å². The molecular formula is C16H23NS2. The summed E-state index contributed by atoms with van der Waals surface area (Å²) in [5.74, 6) is 0. The van der Waals surface area contributed by atoms with Crippen LogP contribution < -0.4 is 5.32 Å². The van der Waals surface area contributed by atoms with Gasteiger partial charge in [-0.25, -0.2) is 0 Å². The molecule has 0 spiro atoms. The summed E-state index contributed by atoms with van der Waals surface area (Å²) in [6.07, 6.45) is 3.45. The Hall–Kier alpha value is -0.640. The molecular weight excluding hydrogens is 270 g/mol. The monoisotopic (exact) mass is 293 g/mol. The van der Waals surface area contributed by atoms with Crippen LogP contribution in [-0.4, -0.2) is 6.54 Å². The van der Waals surface area contributed by atoms with Gasteiger partial charge < -0.3 is 5.32 Å². The molecule has 0 aliphatic carbocycles. The Morgan fingerprint density at radius 2 is 1.95 bits per heavy atom. The lowest BCUT2D eigenvalue weighted by molar-refractivity contribution is 0.531. The van der Waals surface area contributed by atoms with Crippen molar-refractivity contribution in [3.63, 3.8) is 0 Å². The lowest BCUT2D eigenvalue weighted by Gasteiger charge is -2.18. The van der Waals surface area contributed by atoms with E-state index in [1.54, 1.807) is 0 Å². The molecule has 2 heterocycles. The highest BCUT2D eigenvalue weighted by Gasteiger charge is 2.15. The first kappa shape index (κ1) is 14.8. The van der Waals surface area contributed by atoms with Gasteiger partial charge in [0.15, 0.2) is 0 Å². The zero-order valence-corrected chi connectivity index (χ0v) is 13.7. The highest BCUT2D eigenvalue weighted by molar-refractivity contribution is 7.12. The van der Waals surface area contributed by atoms with Gasteiger partial charge in [-0.05, 0) is 60.3 Å². The highest BCUT2D eigenvalue weighted by Crippen LogP contribution is 2.28. The predicted octanol–water partition coefficient (Wildman–Crippen LogP) is 4.96. The Balaban J connectivity index is 2.11. The van der Waals surface area contributed by atoms with Gasteiger partial charge in [0.1, 0.15) is 0 Å². The van der Waals surface area contributed by atoms with Gasteiger partial charge >= 0.3 is 0 Å². The van der Waals surface area contributed by atoms with E-state index in [4.69, 9.17) is 0 Å². The van der Waals surface area contributed by atoms with Crippen molar-refractivity contribution >= 4 is 22.7 Å². The number of rotatable bonds is 7. The highest BCUT2D eigenvalue weighted by atomic mass is 32.1. The van der Waals surface area contributed by atoms with Crippen LogP contribution in [0.25, 0.3) is 0 Å². The molecule has 19 heavy (non-hydrogen) atoms. The summed E-state index contributed by atoms with van der Waals surface area (Å²) in [7, 11) is 0. The van der Waals surface area contributed by atoms with Gasteiger partial charge in [-0.3, -0.25) is 0 Å². The fourth-order valence-electron chi connectivity index (χ4n) is 2.26. The second kappa shape index (κ2) is 7.22. The van der Waals surface area contributed by atoms with E-state index in [-0.39, 0.29) is 0 Å².